The van der Waals surface area contributed by atoms with Crippen LogP contribution < -0.4 is 0 Å². The van der Waals surface area contributed by atoms with Gasteiger partial charge in [0.1, 0.15) is 5.15 Å². The topological polar surface area (TPSA) is 58.4 Å². The van der Waals surface area contributed by atoms with E-state index in [-0.39, 0.29) is 18.4 Å². The van der Waals surface area contributed by atoms with E-state index in [9.17, 15) is 4.79 Å². The molecule has 1 N–H and O–H groups in total. The van der Waals surface area contributed by atoms with Crippen molar-refractivity contribution in [3.63, 3.8) is 0 Å². The Kier molecular flexibility index (Phi) is 3.92. The van der Waals surface area contributed by atoms with Crippen LogP contribution >= 0.6 is 11.6 Å². The Bertz CT molecular complexity index is 458. The molecule has 1 saturated heterocycles. The fraction of sp³-hybridized carbons (Fsp3) is 0.667. The number of likely N-dealkylation sites (tertiary alicyclic amines) is 1. The number of aromatic nitrogens is 2. The summed E-state index contributed by atoms with van der Waals surface area (Å²) >= 11 is 6.14. The fourth-order valence-corrected chi connectivity index (χ4v) is 2.57. The quantitative estimate of drug-likeness (QED) is 0.895. The Morgan fingerprint density at radius 3 is 2.89 bits per heavy atom. The lowest BCUT2D eigenvalue weighted by atomic mass is 10.1. The van der Waals surface area contributed by atoms with Crippen LogP contribution in [0.25, 0.3) is 0 Å². The van der Waals surface area contributed by atoms with E-state index in [0.29, 0.717) is 30.2 Å². The summed E-state index contributed by atoms with van der Waals surface area (Å²) in [5.74, 6) is 0.121. The number of hydrogen-bond donors (Lipinski definition) is 1. The molecule has 1 aromatic rings. The van der Waals surface area contributed by atoms with Crippen LogP contribution in [0.5, 0.6) is 0 Å². The lowest BCUT2D eigenvalue weighted by Crippen LogP contribution is -2.29. The number of rotatable bonds is 3. The second-order valence-corrected chi connectivity index (χ2v) is 5.04. The molecular weight excluding hydrogens is 254 g/mol. The van der Waals surface area contributed by atoms with Crippen molar-refractivity contribution in [3.8, 4) is 0 Å². The maximum absolute atomic E-state index is 12.4. The first-order chi connectivity index (χ1) is 8.58. The predicted molar refractivity (Wildman–Crippen MR) is 68.7 cm³/mol. The summed E-state index contributed by atoms with van der Waals surface area (Å²) in [6.45, 7) is 3.36. The summed E-state index contributed by atoms with van der Waals surface area (Å²) < 4.78 is 1.53. The predicted octanol–water partition coefficient (Wildman–Crippen LogP) is 1.09. The second-order valence-electron chi connectivity index (χ2n) is 4.68. The van der Waals surface area contributed by atoms with Gasteiger partial charge in [0.2, 0.25) is 0 Å². The molecule has 1 unspecified atom stereocenters. The van der Waals surface area contributed by atoms with Gasteiger partial charge in [-0.1, -0.05) is 18.5 Å². The first-order valence-electron chi connectivity index (χ1n) is 6.20. The Balaban J connectivity index is 2.24. The van der Waals surface area contributed by atoms with E-state index in [0.717, 1.165) is 12.1 Å². The number of amides is 1. The Labute approximate surface area is 111 Å². The normalized spacial score (nSPS) is 19.6. The summed E-state index contributed by atoms with van der Waals surface area (Å²) in [5, 5.41) is 13.8. The van der Waals surface area contributed by atoms with Crippen LogP contribution in [0, 0.1) is 5.92 Å². The molecule has 0 spiro atoms. The lowest BCUT2D eigenvalue weighted by Gasteiger charge is -2.16. The minimum atomic E-state index is -0.0686. The molecule has 1 amide bonds. The smallest absolute Gasteiger partial charge is 0.258 e. The second kappa shape index (κ2) is 5.28. The van der Waals surface area contributed by atoms with Gasteiger partial charge in [-0.2, -0.15) is 5.10 Å². The highest BCUT2D eigenvalue weighted by Crippen LogP contribution is 2.25. The molecule has 6 heteroatoms. The molecular formula is C12H18ClN3O2. The molecule has 1 atom stereocenters. The number of aliphatic hydroxyl groups is 1. The van der Waals surface area contributed by atoms with Crippen molar-refractivity contribution < 1.29 is 9.90 Å². The van der Waals surface area contributed by atoms with E-state index in [1.54, 1.807) is 11.9 Å². The molecule has 0 radical (unpaired) electrons. The van der Waals surface area contributed by atoms with Gasteiger partial charge in [-0.15, -0.1) is 0 Å². The van der Waals surface area contributed by atoms with E-state index in [2.05, 4.69) is 5.10 Å². The third-order valence-corrected chi connectivity index (χ3v) is 3.86. The number of hydrogen-bond acceptors (Lipinski definition) is 3. The van der Waals surface area contributed by atoms with Crippen LogP contribution in [0.15, 0.2) is 0 Å². The maximum Gasteiger partial charge on any atom is 0.258 e. The number of carbonyl (C=O) groups is 1. The van der Waals surface area contributed by atoms with Gasteiger partial charge >= 0.3 is 0 Å². The number of aliphatic hydroxyl groups excluding tert-OH is 1. The molecule has 2 rings (SSSR count). The van der Waals surface area contributed by atoms with Crippen molar-refractivity contribution in [1.29, 1.82) is 0 Å². The first-order valence-corrected chi connectivity index (χ1v) is 6.57. The standard InChI is InChI=1S/C12H18ClN3O2/c1-3-9-10(11(13)15(2)14-9)12(18)16-5-4-8(6-16)7-17/h8,17H,3-7H2,1-2H3. The molecule has 1 aromatic heterocycles. The molecule has 100 valence electrons. The molecule has 0 aromatic carbocycles. The first kappa shape index (κ1) is 13.4. The molecule has 18 heavy (non-hydrogen) atoms. The Morgan fingerprint density at radius 2 is 2.33 bits per heavy atom. The highest BCUT2D eigenvalue weighted by Gasteiger charge is 2.30. The third-order valence-electron chi connectivity index (χ3n) is 3.43. The molecule has 0 saturated carbocycles. The van der Waals surface area contributed by atoms with E-state index in [4.69, 9.17) is 16.7 Å². The highest BCUT2D eigenvalue weighted by molar-refractivity contribution is 6.33. The molecule has 2 heterocycles. The average molecular weight is 272 g/mol. The van der Waals surface area contributed by atoms with Crippen LogP contribution in [-0.2, 0) is 13.5 Å². The number of aryl methyl sites for hydroxylation is 2. The molecule has 1 aliphatic heterocycles. The van der Waals surface area contributed by atoms with E-state index >= 15 is 0 Å². The van der Waals surface area contributed by atoms with Crippen LogP contribution in [0.4, 0.5) is 0 Å². The zero-order chi connectivity index (χ0) is 13.3. The van der Waals surface area contributed by atoms with E-state index in [1.165, 1.54) is 4.68 Å². The van der Waals surface area contributed by atoms with Gasteiger partial charge in [-0.25, -0.2) is 0 Å². The largest absolute Gasteiger partial charge is 0.396 e. The van der Waals surface area contributed by atoms with Gasteiger partial charge in [-0.05, 0) is 12.8 Å². The Morgan fingerprint density at radius 1 is 1.61 bits per heavy atom. The van der Waals surface area contributed by atoms with Gasteiger partial charge in [0, 0.05) is 32.7 Å². The maximum atomic E-state index is 12.4. The van der Waals surface area contributed by atoms with Crippen LogP contribution in [0.1, 0.15) is 29.4 Å². The summed E-state index contributed by atoms with van der Waals surface area (Å²) in [7, 11) is 1.73. The van der Waals surface area contributed by atoms with Crippen molar-refractivity contribution in [1.82, 2.24) is 14.7 Å². The van der Waals surface area contributed by atoms with Crippen LogP contribution in [-0.4, -0.2) is 45.4 Å². The summed E-state index contributed by atoms with van der Waals surface area (Å²) in [5.41, 5.74) is 1.25. The minimum Gasteiger partial charge on any atom is -0.396 e. The van der Waals surface area contributed by atoms with Crippen molar-refractivity contribution in [2.45, 2.75) is 19.8 Å². The van der Waals surface area contributed by atoms with E-state index in [1.807, 2.05) is 6.92 Å². The van der Waals surface area contributed by atoms with Gasteiger partial charge < -0.3 is 10.0 Å². The zero-order valence-corrected chi connectivity index (χ0v) is 11.4. The summed E-state index contributed by atoms with van der Waals surface area (Å²) in [6, 6.07) is 0. The average Bonchev–Trinajstić information content (AvgIpc) is 2.95. The van der Waals surface area contributed by atoms with Crippen LogP contribution in [0.2, 0.25) is 5.15 Å². The van der Waals surface area contributed by atoms with Crippen molar-refractivity contribution >= 4 is 17.5 Å². The molecule has 0 bridgehead atoms. The highest BCUT2D eigenvalue weighted by atomic mass is 35.5. The fourth-order valence-electron chi connectivity index (χ4n) is 2.34. The molecule has 5 nitrogen and oxygen atoms in total. The minimum absolute atomic E-state index is 0.0686. The Hall–Kier alpha value is -1.07. The lowest BCUT2D eigenvalue weighted by molar-refractivity contribution is 0.0781. The van der Waals surface area contributed by atoms with Gasteiger partial charge in [-0.3, -0.25) is 9.48 Å². The summed E-state index contributed by atoms with van der Waals surface area (Å²) in [4.78, 5) is 14.2. The van der Waals surface area contributed by atoms with E-state index < -0.39 is 0 Å². The summed E-state index contributed by atoms with van der Waals surface area (Å²) in [6.07, 6.45) is 1.53. The molecule has 1 aliphatic rings. The molecule has 0 aliphatic carbocycles. The number of carbonyl (C=O) groups excluding carboxylic acids is 1. The third kappa shape index (κ3) is 2.24. The van der Waals surface area contributed by atoms with Crippen molar-refractivity contribution in [3.05, 3.63) is 16.4 Å². The number of halogens is 1. The van der Waals surface area contributed by atoms with Gasteiger partial charge in [0.25, 0.3) is 5.91 Å². The molecule has 1 fully saturated rings. The van der Waals surface area contributed by atoms with Crippen molar-refractivity contribution in [2.75, 3.05) is 19.7 Å². The SMILES string of the molecule is CCc1nn(C)c(Cl)c1C(=O)N1CCC(CO)C1. The zero-order valence-electron chi connectivity index (χ0n) is 10.7. The monoisotopic (exact) mass is 271 g/mol. The van der Waals surface area contributed by atoms with Gasteiger partial charge in [0.15, 0.2) is 0 Å². The van der Waals surface area contributed by atoms with Gasteiger partial charge in [0.05, 0.1) is 11.3 Å². The number of nitrogens with zero attached hydrogens (tertiary/aromatic N) is 3. The van der Waals surface area contributed by atoms with Crippen LogP contribution in [0.3, 0.4) is 0 Å². The van der Waals surface area contributed by atoms with Crippen molar-refractivity contribution in [2.24, 2.45) is 13.0 Å².